The van der Waals surface area contributed by atoms with Crippen LogP contribution in [0.15, 0.2) is 0 Å². The van der Waals surface area contributed by atoms with Gasteiger partial charge in [-0.3, -0.25) is 0 Å². The smallest absolute Gasteiger partial charge is 0.166 e. The van der Waals surface area contributed by atoms with Gasteiger partial charge in [-0.2, -0.15) is 0 Å². The van der Waals surface area contributed by atoms with Crippen molar-refractivity contribution in [3.63, 3.8) is 0 Å². The first-order chi connectivity index (χ1) is 7.36. The SMILES string of the molecule is CCC1CCCCC1n1nnnc1CCl. The maximum Gasteiger partial charge on any atom is 0.166 e. The van der Waals surface area contributed by atoms with E-state index in [-0.39, 0.29) is 0 Å². The summed E-state index contributed by atoms with van der Waals surface area (Å²) in [5.74, 6) is 1.92. The summed E-state index contributed by atoms with van der Waals surface area (Å²) in [6, 6.07) is 0.465. The molecule has 0 radical (unpaired) electrons. The van der Waals surface area contributed by atoms with Crippen molar-refractivity contribution < 1.29 is 0 Å². The van der Waals surface area contributed by atoms with Gasteiger partial charge in [0.05, 0.1) is 11.9 Å². The van der Waals surface area contributed by atoms with Gasteiger partial charge in [0, 0.05) is 0 Å². The fourth-order valence-electron chi connectivity index (χ4n) is 2.54. The molecule has 5 heteroatoms. The van der Waals surface area contributed by atoms with E-state index in [0.29, 0.717) is 17.8 Å². The number of tetrazole rings is 1. The molecule has 0 aromatic carbocycles. The molecule has 1 fully saturated rings. The molecular weight excluding hydrogens is 212 g/mol. The predicted molar refractivity (Wildman–Crippen MR) is 58.7 cm³/mol. The lowest BCUT2D eigenvalue weighted by molar-refractivity contribution is 0.211. The summed E-state index contributed by atoms with van der Waals surface area (Å²) in [6.45, 7) is 2.24. The van der Waals surface area contributed by atoms with E-state index in [0.717, 1.165) is 5.82 Å². The Morgan fingerprint density at radius 2 is 2.20 bits per heavy atom. The summed E-state index contributed by atoms with van der Waals surface area (Å²) in [7, 11) is 0. The molecule has 0 N–H and O–H groups in total. The third kappa shape index (κ3) is 2.14. The fraction of sp³-hybridized carbons (Fsp3) is 0.900. The Balaban J connectivity index is 2.20. The minimum atomic E-state index is 0.403. The van der Waals surface area contributed by atoms with Crippen molar-refractivity contribution in [2.75, 3.05) is 0 Å². The van der Waals surface area contributed by atoms with Crippen LogP contribution in [0.3, 0.4) is 0 Å². The van der Waals surface area contributed by atoms with Gasteiger partial charge < -0.3 is 0 Å². The molecule has 15 heavy (non-hydrogen) atoms. The lowest BCUT2D eigenvalue weighted by atomic mass is 9.83. The normalized spacial score (nSPS) is 26.8. The van der Waals surface area contributed by atoms with Crippen LogP contribution in [0.5, 0.6) is 0 Å². The van der Waals surface area contributed by atoms with Gasteiger partial charge in [0.25, 0.3) is 0 Å². The van der Waals surface area contributed by atoms with Crippen LogP contribution in [-0.2, 0) is 5.88 Å². The zero-order valence-corrected chi connectivity index (χ0v) is 9.82. The Hall–Kier alpha value is -0.640. The molecule has 84 valence electrons. The summed E-state index contributed by atoms with van der Waals surface area (Å²) in [6.07, 6.45) is 6.30. The highest BCUT2D eigenvalue weighted by Gasteiger charge is 2.27. The van der Waals surface area contributed by atoms with Crippen molar-refractivity contribution in [3.05, 3.63) is 5.82 Å². The van der Waals surface area contributed by atoms with Crippen molar-refractivity contribution >= 4 is 11.6 Å². The number of hydrogen-bond donors (Lipinski definition) is 0. The number of hydrogen-bond acceptors (Lipinski definition) is 3. The van der Waals surface area contributed by atoms with E-state index in [1.54, 1.807) is 0 Å². The minimum Gasteiger partial charge on any atom is -0.225 e. The van der Waals surface area contributed by atoms with Gasteiger partial charge in [0.2, 0.25) is 0 Å². The second kappa shape index (κ2) is 4.92. The van der Waals surface area contributed by atoms with Crippen LogP contribution < -0.4 is 0 Å². The van der Waals surface area contributed by atoms with E-state index in [1.165, 1.54) is 32.1 Å². The molecule has 0 saturated heterocycles. The average Bonchev–Trinajstić information content (AvgIpc) is 2.76. The van der Waals surface area contributed by atoms with E-state index < -0.39 is 0 Å². The Morgan fingerprint density at radius 3 is 2.93 bits per heavy atom. The maximum atomic E-state index is 5.82. The predicted octanol–water partition coefficient (Wildman–Crippen LogP) is 2.55. The zero-order valence-electron chi connectivity index (χ0n) is 9.06. The number of aromatic nitrogens is 4. The first kappa shape index (κ1) is 10.9. The van der Waals surface area contributed by atoms with Crippen molar-refractivity contribution in [3.8, 4) is 0 Å². The maximum absolute atomic E-state index is 5.82. The van der Waals surface area contributed by atoms with Gasteiger partial charge in [-0.25, -0.2) is 4.68 Å². The topological polar surface area (TPSA) is 43.6 Å². The molecule has 1 aliphatic rings. The second-order valence-electron chi connectivity index (χ2n) is 4.19. The average molecular weight is 229 g/mol. The summed E-state index contributed by atoms with van der Waals surface area (Å²) in [5, 5.41) is 11.7. The van der Waals surface area contributed by atoms with Crippen LogP contribution in [-0.4, -0.2) is 20.2 Å². The van der Waals surface area contributed by atoms with Crippen molar-refractivity contribution in [1.29, 1.82) is 0 Å². The molecule has 1 aromatic heterocycles. The number of alkyl halides is 1. The summed E-state index contributed by atoms with van der Waals surface area (Å²) in [4.78, 5) is 0. The fourth-order valence-corrected chi connectivity index (χ4v) is 2.72. The molecule has 0 amide bonds. The lowest BCUT2D eigenvalue weighted by Gasteiger charge is -2.30. The molecule has 0 spiro atoms. The van der Waals surface area contributed by atoms with Gasteiger partial charge in [-0.05, 0) is 29.2 Å². The first-order valence-electron chi connectivity index (χ1n) is 5.69. The molecule has 0 aliphatic heterocycles. The van der Waals surface area contributed by atoms with Gasteiger partial charge in [-0.15, -0.1) is 16.7 Å². The second-order valence-corrected chi connectivity index (χ2v) is 4.46. The molecule has 4 nitrogen and oxygen atoms in total. The molecule has 2 atom stereocenters. The van der Waals surface area contributed by atoms with Crippen LogP contribution in [0.2, 0.25) is 0 Å². The molecular formula is C10H17ClN4. The number of rotatable bonds is 3. The Kier molecular flexibility index (Phi) is 3.57. The molecule has 1 saturated carbocycles. The summed E-state index contributed by atoms with van der Waals surface area (Å²) < 4.78 is 1.94. The van der Waals surface area contributed by atoms with E-state index >= 15 is 0 Å². The molecule has 2 rings (SSSR count). The summed E-state index contributed by atoms with van der Waals surface area (Å²) >= 11 is 5.82. The van der Waals surface area contributed by atoms with E-state index in [1.807, 2.05) is 4.68 Å². The van der Waals surface area contributed by atoms with Gasteiger partial charge >= 0.3 is 0 Å². The van der Waals surface area contributed by atoms with Gasteiger partial charge in [0.1, 0.15) is 0 Å². The van der Waals surface area contributed by atoms with Crippen molar-refractivity contribution in [1.82, 2.24) is 20.2 Å². The molecule has 1 aliphatic carbocycles. The van der Waals surface area contributed by atoms with Crippen LogP contribution in [0.1, 0.15) is 50.9 Å². The Bertz CT molecular complexity index is 312. The van der Waals surface area contributed by atoms with Crippen molar-refractivity contribution in [2.24, 2.45) is 5.92 Å². The molecule has 2 unspecified atom stereocenters. The molecule has 1 aromatic rings. The largest absolute Gasteiger partial charge is 0.225 e. The zero-order chi connectivity index (χ0) is 10.7. The standard InChI is InChI=1S/C10H17ClN4/c1-2-8-5-3-4-6-9(8)15-10(7-11)12-13-14-15/h8-9H,2-7H2,1H3. The van der Waals surface area contributed by atoms with Crippen LogP contribution >= 0.6 is 11.6 Å². The third-order valence-electron chi connectivity index (χ3n) is 3.39. The lowest BCUT2D eigenvalue weighted by Crippen LogP contribution is -2.25. The van der Waals surface area contributed by atoms with Gasteiger partial charge in [0.15, 0.2) is 5.82 Å². The highest BCUT2D eigenvalue weighted by atomic mass is 35.5. The van der Waals surface area contributed by atoms with Crippen LogP contribution in [0.25, 0.3) is 0 Å². The minimum absolute atomic E-state index is 0.403. The van der Waals surface area contributed by atoms with E-state index in [9.17, 15) is 0 Å². The van der Waals surface area contributed by atoms with Gasteiger partial charge in [-0.1, -0.05) is 26.2 Å². The van der Waals surface area contributed by atoms with Crippen LogP contribution in [0, 0.1) is 5.92 Å². The highest BCUT2D eigenvalue weighted by Crippen LogP contribution is 2.35. The Labute approximate surface area is 95.0 Å². The molecule has 0 bridgehead atoms. The number of halogens is 1. The highest BCUT2D eigenvalue weighted by molar-refractivity contribution is 6.16. The third-order valence-corrected chi connectivity index (χ3v) is 3.63. The monoisotopic (exact) mass is 228 g/mol. The van der Waals surface area contributed by atoms with Crippen LogP contribution in [0.4, 0.5) is 0 Å². The Morgan fingerprint density at radius 1 is 1.40 bits per heavy atom. The quantitative estimate of drug-likeness (QED) is 0.747. The first-order valence-corrected chi connectivity index (χ1v) is 6.23. The number of nitrogens with zero attached hydrogens (tertiary/aromatic N) is 4. The van der Waals surface area contributed by atoms with E-state index in [4.69, 9.17) is 11.6 Å². The summed E-state index contributed by atoms with van der Waals surface area (Å²) in [5.41, 5.74) is 0. The molecule has 1 heterocycles. The van der Waals surface area contributed by atoms with E-state index in [2.05, 4.69) is 22.4 Å². The van der Waals surface area contributed by atoms with Crippen molar-refractivity contribution in [2.45, 2.75) is 50.9 Å².